The second-order valence-electron chi connectivity index (χ2n) is 6.27. The molecule has 2 rings (SSSR count). The van der Waals surface area contributed by atoms with Crippen LogP contribution >= 0.6 is 0 Å². The van der Waals surface area contributed by atoms with Gasteiger partial charge >= 0.3 is 6.36 Å². The van der Waals surface area contributed by atoms with Gasteiger partial charge in [-0.1, -0.05) is 17.3 Å². The lowest BCUT2D eigenvalue weighted by Gasteiger charge is -2.16. The fraction of sp³-hybridized carbons (Fsp3) is 0.444. The number of halogens is 3. The van der Waals surface area contributed by atoms with Gasteiger partial charge in [-0.15, -0.1) is 13.2 Å². The van der Waals surface area contributed by atoms with Gasteiger partial charge in [0.25, 0.3) is 0 Å². The first-order valence-corrected chi connectivity index (χ1v) is 8.35. The highest BCUT2D eigenvalue weighted by Gasteiger charge is 2.30. The molecule has 0 spiro atoms. The molecule has 1 aromatic carbocycles. The van der Waals surface area contributed by atoms with Gasteiger partial charge in [-0.25, -0.2) is 0 Å². The predicted molar refractivity (Wildman–Crippen MR) is 92.1 cm³/mol. The minimum Gasteiger partial charge on any atom is -0.406 e. The van der Waals surface area contributed by atoms with Crippen LogP contribution in [-0.4, -0.2) is 42.5 Å². The molecule has 0 aliphatic heterocycles. The molecule has 27 heavy (non-hydrogen) atoms. The van der Waals surface area contributed by atoms with E-state index < -0.39 is 6.36 Å². The molecule has 0 fully saturated rings. The summed E-state index contributed by atoms with van der Waals surface area (Å²) in [5.41, 5.74) is 2.57. The van der Waals surface area contributed by atoms with Crippen LogP contribution in [0.2, 0.25) is 0 Å². The highest BCUT2D eigenvalue weighted by Crippen LogP contribution is 2.22. The van der Waals surface area contributed by atoms with E-state index in [4.69, 9.17) is 4.52 Å². The zero-order valence-electron chi connectivity index (χ0n) is 15.4. The number of nitrogens with one attached hydrogen (secondary N) is 1. The number of hydrogen-bond donors (Lipinski definition) is 1. The Bertz CT molecular complexity index is 738. The highest BCUT2D eigenvalue weighted by molar-refractivity contribution is 5.77. The van der Waals surface area contributed by atoms with E-state index in [2.05, 4.69) is 15.2 Å². The Morgan fingerprint density at radius 1 is 1.26 bits per heavy atom. The van der Waals surface area contributed by atoms with Crippen molar-refractivity contribution in [3.05, 3.63) is 46.8 Å². The lowest BCUT2D eigenvalue weighted by molar-refractivity contribution is -0.274. The molecule has 0 unspecified atom stereocenters. The zero-order valence-corrected chi connectivity index (χ0v) is 15.4. The first kappa shape index (κ1) is 20.8. The molecule has 0 aliphatic rings. The van der Waals surface area contributed by atoms with Crippen molar-refractivity contribution in [2.24, 2.45) is 0 Å². The summed E-state index contributed by atoms with van der Waals surface area (Å²) < 4.78 is 45.3. The SMILES string of the molecule is Cc1noc(C)c1CN(C)CC(=O)NCCc1ccc(OC(F)(F)F)cc1. The van der Waals surface area contributed by atoms with Crippen LogP contribution < -0.4 is 10.1 Å². The number of nitrogens with zero attached hydrogens (tertiary/aromatic N) is 2. The van der Waals surface area contributed by atoms with Gasteiger partial charge in [0.2, 0.25) is 5.91 Å². The maximum atomic E-state index is 12.1. The van der Waals surface area contributed by atoms with Crippen LogP contribution in [0.5, 0.6) is 5.75 Å². The van der Waals surface area contributed by atoms with E-state index in [-0.39, 0.29) is 18.2 Å². The molecule has 1 heterocycles. The number of ether oxygens (including phenoxy) is 1. The predicted octanol–water partition coefficient (Wildman–Crippen LogP) is 2.98. The molecule has 1 aromatic heterocycles. The molecule has 0 saturated carbocycles. The molecule has 1 amide bonds. The summed E-state index contributed by atoms with van der Waals surface area (Å²) in [6, 6.07) is 5.58. The topological polar surface area (TPSA) is 67.6 Å². The normalized spacial score (nSPS) is 11.7. The molecule has 1 N–H and O–H groups in total. The van der Waals surface area contributed by atoms with Crippen molar-refractivity contribution in [2.75, 3.05) is 20.1 Å². The number of carbonyl (C=O) groups is 1. The summed E-state index contributed by atoms with van der Waals surface area (Å²) in [5.74, 6) is 0.329. The van der Waals surface area contributed by atoms with E-state index in [1.807, 2.05) is 25.8 Å². The van der Waals surface area contributed by atoms with Crippen LogP contribution in [0.3, 0.4) is 0 Å². The molecule has 0 radical (unpaired) electrons. The maximum absolute atomic E-state index is 12.1. The average molecular weight is 385 g/mol. The van der Waals surface area contributed by atoms with E-state index in [0.29, 0.717) is 19.5 Å². The molecule has 0 aliphatic carbocycles. The Morgan fingerprint density at radius 2 is 1.93 bits per heavy atom. The molecule has 9 heteroatoms. The zero-order chi connectivity index (χ0) is 20.0. The van der Waals surface area contributed by atoms with Crippen molar-refractivity contribution in [3.8, 4) is 5.75 Å². The quantitative estimate of drug-likeness (QED) is 0.757. The number of benzene rings is 1. The summed E-state index contributed by atoms with van der Waals surface area (Å²) in [6.45, 7) is 4.83. The summed E-state index contributed by atoms with van der Waals surface area (Å²) >= 11 is 0. The highest BCUT2D eigenvalue weighted by atomic mass is 19.4. The summed E-state index contributed by atoms with van der Waals surface area (Å²) in [4.78, 5) is 13.9. The number of likely N-dealkylation sites (N-methyl/N-ethyl adjacent to an activating group) is 1. The first-order valence-electron chi connectivity index (χ1n) is 8.35. The number of carbonyl (C=O) groups excluding carboxylic acids is 1. The summed E-state index contributed by atoms with van der Waals surface area (Å²) in [7, 11) is 1.82. The van der Waals surface area contributed by atoms with Gasteiger partial charge in [-0.2, -0.15) is 0 Å². The molecule has 148 valence electrons. The maximum Gasteiger partial charge on any atom is 0.573 e. The van der Waals surface area contributed by atoms with Gasteiger partial charge in [0.15, 0.2) is 0 Å². The Hall–Kier alpha value is -2.55. The van der Waals surface area contributed by atoms with Crippen molar-refractivity contribution in [3.63, 3.8) is 0 Å². The third-order valence-electron chi connectivity index (χ3n) is 3.92. The monoisotopic (exact) mass is 385 g/mol. The summed E-state index contributed by atoms with van der Waals surface area (Å²) in [6.07, 6.45) is -4.20. The molecule has 6 nitrogen and oxygen atoms in total. The molecule has 2 aromatic rings. The lowest BCUT2D eigenvalue weighted by atomic mass is 10.1. The summed E-state index contributed by atoms with van der Waals surface area (Å²) in [5, 5.41) is 6.68. The molecular weight excluding hydrogens is 363 g/mol. The van der Waals surface area contributed by atoms with E-state index in [0.717, 1.165) is 22.6 Å². The van der Waals surface area contributed by atoms with Crippen molar-refractivity contribution in [2.45, 2.75) is 33.2 Å². The number of amides is 1. The Balaban J connectivity index is 1.72. The lowest BCUT2D eigenvalue weighted by Crippen LogP contribution is -2.36. The largest absolute Gasteiger partial charge is 0.573 e. The third-order valence-corrected chi connectivity index (χ3v) is 3.92. The van der Waals surface area contributed by atoms with E-state index in [1.165, 1.54) is 24.3 Å². The number of rotatable bonds is 8. The standard InChI is InChI=1S/C18H22F3N3O3/c1-12-16(13(2)27-23-12)10-24(3)11-17(25)22-9-8-14-4-6-15(7-5-14)26-18(19,20)21/h4-7H,8-11H2,1-3H3,(H,22,25). The van der Waals surface area contributed by atoms with Crippen LogP contribution in [0.4, 0.5) is 13.2 Å². The van der Waals surface area contributed by atoms with Crippen LogP contribution in [-0.2, 0) is 17.8 Å². The van der Waals surface area contributed by atoms with Crippen LogP contribution in [0.15, 0.2) is 28.8 Å². The Labute approximate surface area is 155 Å². The Morgan fingerprint density at radius 3 is 2.48 bits per heavy atom. The molecule has 0 bridgehead atoms. The van der Waals surface area contributed by atoms with Gasteiger partial charge in [-0.3, -0.25) is 9.69 Å². The molecule has 0 saturated heterocycles. The number of aryl methyl sites for hydroxylation is 2. The van der Waals surface area contributed by atoms with Crippen molar-refractivity contribution in [1.29, 1.82) is 0 Å². The van der Waals surface area contributed by atoms with Crippen LogP contribution in [0.25, 0.3) is 0 Å². The fourth-order valence-corrected chi connectivity index (χ4v) is 2.56. The van der Waals surface area contributed by atoms with Gasteiger partial charge in [0, 0.05) is 18.7 Å². The molecule has 0 atom stereocenters. The van der Waals surface area contributed by atoms with Crippen LogP contribution in [0, 0.1) is 13.8 Å². The average Bonchev–Trinajstić information content (AvgIpc) is 2.87. The second kappa shape index (κ2) is 8.90. The van der Waals surface area contributed by atoms with E-state index in [1.54, 1.807) is 0 Å². The number of aromatic nitrogens is 1. The van der Waals surface area contributed by atoms with Crippen LogP contribution in [0.1, 0.15) is 22.6 Å². The van der Waals surface area contributed by atoms with E-state index >= 15 is 0 Å². The first-order chi connectivity index (χ1) is 12.6. The Kier molecular flexibility index (Phi) is 6.84. The fourth-order valence-electron chi connectivity index (χ4n) is 2.56. The van der Waals surface area contributed by atoms with Crippen molar-refractivity contribution >= 4 is 5.91 Å². The second-order valence-corrected chi connectivity index (χ2v) is 6.27. The third kappa shape index (κ3) is 6.93. The van der Waals surface area contributed by atoms with Crippen molar-refractivity contribution < 1.29 is 27.2 Å². The number of alkyl halides is 3. The number of hydrogen-bond acceptors (Lipinski definition) is 5. The van der Waals surface area contributed by atoms with Gasteiger partial charge < -0.3 is 14.6 Å². The minimum atomic E-state index is -4.70. The molecular formula is C18H22F3N3O3. The van der Waals surface area contributed by atoms with Gasteiger partial charge in [0.05, 0.1) is 12.2 Å². The van der Waals surface area contributed by atoms with Gasteiger partial charge in [-0.05, 0) is 45.0 Å². The van der Waals surface area contributed by atoms with E-state index in [9.17, 15) is 18.0 Å². The smallest absolute Gasteiger partial charge is 0.406 e. The van der Waals surface area contributed by atoms with Crippen molar-refractivity contribution in [1.82, 2.24) is 15.4 Å². The van der Waals surface area contributed by atoms with Gasteiger partial charge in [0.1, 0.15) is 11.5 Å². The minimum absolute atomic E-state index is 0.138.